The van der Waals surface area contributed by atoms with Crippen LogP contribution in [0.3, 0.4) is 0 Å². The van der Waals surface area contributed by atoms with Crippen LogP contribution in [0.2, 0.25) is 0 Å². The smallest absolute Gasteiger partial charge is 0.416 e. The number of hydrogen-bond acceptors (Lipinski definition) is 4. The summed E-state index contributed by atoms with van der Waals surface area (Å²) in [6, 6.07) is 2.84. The minimum absolute atomic E-state index is 0.00725. The molecule has 0 spiro atoms. The number of pyridine rings is 1. The van der Waals surface area contributed by atoms with E-state index < -0.39 is 40.9 Å². The first-order valence-electron chi connectivity index (χ1n) is 7.66. The van der Waals surface area contributed by atoms with Crippen LogP contribution in [-0.2, 0) is 17.1 Å². The summed E-state index contributed by atoms with van der Waals surface area (Å²) in [6.07, 6.45) is -9.05. The number of benzene rings is 1. The minimum Gasteiger partial charge on any atom is -0.462 e. The Kier molecular flexibility index (Phi) is 5.95. The molecule has 1 heterocycles. The van der Waals surface area contributed by atoms with Gasteiger partial charge in [-0.25, -0.2) is 9.78 Å². The third-order valence-electron chi connectivity index (χ3n) is 3.36. The van der Waals surface area contributed by atoms with Gasteiger partial charge >= 0.3 is 18.3 Å². The Morgan fingerprint density at radius 3 is 2.04 bits per heavy atom. The average molecular weight is 406 g/mol. The van der Waals surface area contributed by atoms with Gasteiger partial charge in [-0.05, 0) is 37.3 Å². The molecule has 0 aliphatic rings. The predicted molar refractivity (Wildman–Crippen MR) is 84.6 cm³/mol. The second-order valence-electron chi connectivity index (χ2n) is 5.40. The first-order chi connectivity index (χ1) is 12.9. The van der Waals surface area contributed by atoms with Gasteiger partial charge in [0.2, 0.25) is 0 Å². The van der Waals surface area contributed by atoms with Gasteiger partial charge in [0, 0.05) is 11.8 Å². The monoisotopic (exact) mass is 406 g/mol. The van der Waals surface area contributed by atoms with Gasteiger partial charge in [0.15, 0.2) is 0 Å². The summed E-state index contributed by atoms with van der Waals surface area (Å²) in [5.41, 5.74) is -4.13. The van der Waals surface area contributed by atoms with Gasteiger partial charge in [-0.2, -0.15) is 26.3 Å². The first-order valence-corrected chi connectivity index (χ1v) is 7.66. The number of amides is 1. The number of anilines is 1. The number of hydrogen-bond donors (Lipinski definition) is 1. The molecule has 0 aliphatic carbocycles. The predicted octanol–water partition coefficient (Wildman–Crippen LogP) is 4.55. The van der Waals surface area contributed by atoms with E-state index in [1.165, 1.54) is 6.07 Å². The largest absolute Gasteiger partial charge is 0.462 e. The summed E-state index contributed by atoms with van der Waals surface area (Å²) in [7, 11) is 0. The van der Waals surface area contributed by atoms with Crippen molar-refractivity contribution in [3.63, 3.8) is 0 Å². The fraction of sp³-hybridized carbons (Fsp3) is 0.235. The zero-order valence-electron chi connectivity index (χ0n) is 14.1. The Morgan fingerprint density at radius 1 is 0.964 bits per heavy atom. The Labute approximate surface area is 154 Å². The number of aromatic nitrogens is 1. The van der Waals surface area contributed by atoms with Crippen molar-refractivity contribution in [3.05, 3.63) is 58.8 Å². The van der Waals surface area contributed by atoms with Gasteiger partial charge in [0.25, 0.3) is 5.91 Å². The molecule has 0 atom stereocenters. The van der Waals surface area contributed by atoms with Gasteiger partial charge in [0.1, 0.15) is 5.82 Å². The zero-order chi connectivity index (χ0) is 21.1. The summed E-state index contributed by atoms with van der Waals surface area (Å²) < 4.78 is 82.0. The lowest BCUT2D eigenvalue weighted by Gasteiger charge is -2.14. The number of nitrogens with zero attached hydrogens (tertiary/aromatic N) is 1. The molecule has 0 radical (unpaired) electrons. The van der Waals surface area contributed by atoms with E-state index >= 15 is 0 Å². The minimum atomic E-state index is -5.08. The Bertz CT molecular complexity index is 861. The molecule has 1 N–H and O–H groups in total. The maximum absolute atomic E-state index is 12.9. The summed E-state index contributed by atoms with van der Waals surface area (Å²) in [5, 5.41) is 2.06. The van der Waals surface area contributed by atoms with E-state index in [-0.39, 0.29) is 24.1 Å². The lowest BCUT2D eigenvalue weighted by molar-refractivity contribution is -0.143. The molecule has 2 rings (SSSR count). The number of nitrogens with one attached hydrogen (secondary N) is 1. The molecule has 0 bridgehead atoms. The number of carbonyl (C=O) groups is 2. The van der Waals surface area contributed by atoms with E-state index in [1.807, 2.05) is 0 Å². The second-order valence-corrected chi connectivity index (χ2v) is 5.40. The molecule has 0 aliphatic heterocycles. The van der Waals surface area contributed by atoms with Crippen LogP contribution in [0.1, 0.15) is 38.8 Å². The maximum Gasteiger partial charge on any atom is 0.416 e. The number of alkyl halides is 6. The second kappa shape index (κ2) is 7.87. The molecule has 0 fully saturated rings. The van der Waals surface area contributed by atoms with Crippen molar-refractivity contribution >= 4 is 17.7 Å². The van der Waals surface area contributed by atoms with Crippen LogP contribution in [0.25, 0.3) is 0 Å². The third-order valence-corrected chi connectivity index (χ3v) is 3.36. The van der Waals surface area contributed by atoms with E-state index in [0.29, 0.717) is 12.1 Å². The van der Waals surface area contributed by atoms with Gasteiger partial charge in [-0.3, -0.25) is 4.79 Å². The van der Waals surface area contributed by atoms with Crippen molar-refractivity contribution in [1.82, 2.24) is 4.98 Å². The molecule has 1 aromatic carbocycles. The number of esters is 1. The third kappa shape index (κ3) is 5.21. The summed E-state index contributed by atoms with van der Waals surface area (Å²) in [4.78, 5) is 27.5. The van der Waals surface area contributed by atoms with Crippen molar-refractivity contribution in [2.24, 2.45) is 0 Å². The highest BCUT2D eigenvalue weighted by Crippen LogP contribution is 2.36. The van der Waals surface area contributed by atoms with Crippen LogP contribution in [0.4, 0.5) is 32.2 Å². The summed E-state index contributed by atoms with van der Waals surface area (Å²) >= 11 is 0. The molecule has 11 heteroatoms. The summed E-state index contributed by atoms with van der Waals surface area (Å²) in [5.74, 6) is -2.24. The molecule has 150 valence electrons. The molecule has 0 saturated heterocycles. The van der Waals surface area contributed by atoms with Crippen molar-refractivity contribution < 1.29 is 40.7 Å². The van der Waals surface area contributed by atoms with Gasteiger partial charge in [0.05, 0.1) is 23.3 Å². The van der Waals surface area contributed by atoms with E-state index in [4.69, 9.17) is 4.74 Å². The SMILES string of the molecule is CCOC(=O)c1ccnc(NC(=O)c2cc(C(F)(F)F)cc(C(F)(F)F)c2)c1. The van der Waals surface area contributed by atoms with Crippen LogP contribution in [-0.4, -0.2) is 23.5 Å². The average Bonchev–Trinajstić information content (AvgIpc) is 2.60. The highest BCUT2D eigenvalue weighted by Gasteiger charge is 2.37. The quantitative estimate of drug-likeness (QED) is 0.598. The van der Waals surface area contributed by atoms with E-state index in [2.05, 4.69) is 10.3 Å². The number of rotatable bonds is 4. The van der Waals surface area contributed by atoms with Crippen molar-refractivity contribution in [2.45, 2.75) is 19.3 Å². The van der Waals surface area contributed by atoms with Crippen molar-refractivity contribution in [2.75, 3.05) is 11.9 Å². The Morgan fingerprint density at radius 2 is 1.54 bits per heavy atom. The number of ether oxygens (including phenoxy) is 1. The molecule has 1 amide bonds. The molecule has 2 aromatic rings. The van der Waals surface area contributed by atoms with E-state index in [1.54, 1.807) is 6.92 Å². The first kappa shape index (κ1) is 21.2. The van der Waals surface area contributed by atoms with Crippen molar-refractivity contribution in [3.8, 4) is 0 Å². The number of carbonyl (C=O) groups excluding carboxylic acids is 2. The van der Waals surface area contributed by atoms with E-state index in [0.717, 1.165) is 12.3 Å². The van der Waals surface area contributed by atoms with Crippen LogP contribution in [0, 0.1) is 0 Å². The van der Waals surface area contributed by atoms with Crippen LogP contribution >= 0.6 is 0 Å². The van der Waals surface area contributed by atoms with E-state index in [9.17, 15) is 35.9 Å². The molecule has 5 nitrogen and oxygen atoms in total. The highest BCUT2D eigenvalue weighted by atomic mass is 19.4. The lowest BCUT2D eigenvalue weighted by Crippen LogP contribution is -2.18. The topological polar surface area (TPSA) is 68.3 Å². The van der Waals surface area contributed by atoms with Crippen LogP contribution in [0.5, 0.6) is 0 Å². The standard InChI is InChI=1S/C17H12F6N2O3/c1-2-28-15(27)9-3-4-24-13(7-9)25-14(26)10-5-11(16(18,19)20)8-12(6-10)17(21,22)23/h3-8H,2H2,1H3,(H,24,25,26). The number of halogens is 6. The molecular weight excluding hydrogens is 394 g/mol. The zero-order valence-corrected chi connectivity index (χ0v) is 14.1. The van der Waals surface area contributed by atoms with Gasteiger partial charge in [-0.1, -0.05) is 0 Å². The highest BCUT2D eigenvalue weighted by molar-refractivity contribution is 6.04. The van der Waals surface area contributed by atoms with Crippen LogP contribution < -0.4 is 5.32 Å². The van der Waals surface area contributed by atoms with Gasteiger partial charge in [-0.15, -0.1) is 0 Å². The maximum atomic E-state index is 12.9. The van der Waals surface area contributed by atoms with Gasteiger partial charge < -0.3 is 10.1 Å². The normalized spacial score (nSPS) is 11.8. The molecule has 28 heavy (non-hydrogen) atoms. The summed E-state index contributed by atoms with van der Waals surface area (Å²) in [6.45, 7) is 1.64. The Hall–Kier alpha value is -3.11. The Balaban J connectivity index is 2.36. The fourth-order valence-electron chi connectivity index (χ4n) is 2.11. The molecule has 0 unspecified atom stereocenters. The molecule has 1 aromatic heterocycles. The lowest BCUT2D eigenvalue weighted by atomic mass is 10.0. The molecule has 0 saturated carbocycles. The fourth-order valence-corrected chi connectivity index (χ4v) is 2.11. The molecular formula is C17H12F6N2O3. The van der Waals surface area contributed by atoms with Crippen LogP contribution in [0.15, 0.2) is 36.5 Å². The van der Waals surface area contributed by atoms with Crippen molar-refractivity contribution in [1.29, 1.82) is 0 Å².